The fourth-order valence-corrected chi connectivity index (χ4v) is 3.70. The van der Waals surface area contributed by atoms with Gasteiger partial charge in [0.15, 0.2) is 0 Å². The summed E-state index contributed by atoms with van der Waals surface area (Å²) in [6, 6.07) is 12.0. The summed E-state index contributed by atoms with van der Waals surface area (Å²) in [5, 5.41) is 23.6. The number of imide groups is 1. The Labute approximate surface area is 181 Å². The van der Waals surface area contributed by atoms with E-state index in [9.17, 15) is 29.4 Å². The molecule has 32 heavy (non-hydrogen) atoms. The van der Waals surface area contributed by atoms with E-state index in [2.05, 4.69) is 5.10 Å². The van der Waals surface area contributed by atoms with E-state index in [-0.39, 0.29) is 22.3 Å². The van der Waals surface area contributed by atoms with E-state index in [1.807, 2.05) is 0 Å². The van der Waals surface area contributed by atoms with E-state index in [0.717, 1.165) is 11.1 Å². The van der Waals surface area contributed by atoms with Crippen LogP contribution in [0.4, 0.5) is 0 Å². The third-order valence-corrected chi connectivity index (χ3v) is 5.23. The monoisotopic (exact) mass is 431 g/mol. The fourth-order valence-electron chi connectivity index (χ4n) is 3.70. The molecule has 0 bridgehead atoms. The lowest BCUT2D eigenvalue weighted by molar-refractivity contribution is 0.0652. The summed E-state index contributed by atoms with van der Waals surface area (Å²) in [5.41, 5.74) is 2.50. The Balaban J connectivity index is 1.72. The quantitative estimate of drug-likeness (QED) is 0.472. The van der Waals surface area contributed by atoms with Crippen molar-refractivity contribution in [2.45, 2.75) is 13.8 Å². The Morgan fingerprint density at radius 3 is 1.91 bits per heavy atom. The predicted molar refractivity (Wildman–Crippen MR) is 114 cm³/mol. The fraction of sp³-hybridized carbons (Fsp3) is 0.0870. The van der Waals surface area contributed by atoms with Gasteiger partial charge in [0.1, 0.15) is 0 Å². The van der Waals surface area contributed by atoms with Crippen molar-refractivity contribution in [1.29, 1.82) is 0 Å². The number of aryl methyl sites for hydroxylation is 1. The molecule has 2 N–H and O–H groups in total. The Morgan fingerprint density at radius 2 is 1.41 bits per heavy atom. The smallest absolute Gasteiger partial charge is 0.335 e. The summed E-state index contributed by atoms with van der Waals surface area (Å²) in [5.74, 6) is -3.53. The number of aromatic nitrogens is 1. The van der Waals surface area contributed by atoms with E-state index in [1.54, 1.807) is 48.7 Å². The number of carboxylic acid groups (broad SMARTS) is 2. The van der Waals surface area contributed by atoms with Crippen LogP contribution in [0.25, 0.3) is 5.69 Å². The molecule has 0 atom stereocenters. The van der Waals surface area contributed by atoms with Crippen LogP contribution >= 0.6 is 0 Å². The Morgan fingerprint density at radius 1 is 0.875 bits per heavy atom. The van der Waals surface area contributed by atoms with Crippen LogP contribution in [0.5, 0.6) is 0 Å². The SMILES string of the molecule is Cc1cc(/C=N\N2C(=O)c3ccccc3C2=O)c(C)n1-c1cc(C(=O)O)cc(C(=O)O)c1. The van der Waals surface area contributed by atoms with E-state index in [1.165, 1.54) is 18.3 Å². The first kappa shape index (κ1) is 20.7. The molecule has 0 spiro atoms. The highest BCUT2D eigenvalue weighted by molar-refractivity contribution is 6.21. The van der Waals surface area contributed by atoms with Crippen molar-refractivity contribution in [3.8, 4) is 5.69 Å². The van der Waals surface area contributed by atoms with E-state index in [0.29, 0.717) is 22.6 Å². The Hall–Kier alpha value is -4.53. The maximum Gasteiger partial charge on any atom is 0.335 e. The highest BCUT2D eigenvalue weighted by Crippen LogP contribution is 2.25. The maximum atomic E-state index is 12.5. The van der Waals surface area contributed by atoms with Crippen LogP contribution in [0.1, 0.15) is 58.4 Å². The molecule has 2 amide bonds. The van der Waals surface area contributed by atoms with Crippen LogP contribution in [0.3, 0.4) is 0 Å². The van der Waals surface area contributed by atoms with Gasteiger partial charge in [-0.1, -0.05) is 12.1 Å². The molecule has 2 aromatic carbocycles. The number of fused-ring (bicyclic) bond motifs is 1. The number of benzene rings is 2. The van der Waals surface area contributed by atoms with Gasteiger partial charge < -0.3 is 14.8 Å². The molecular weight excluding hydrogens is 414 g/mol. The van der Waals surface area contributed by atoms with Crippen molar-refractivity contribution in [1.82, 2.24) is 9.58 Å². The largest absolute Gasteiger partial charge is 0.478 e. The number of carbonyl (C=O) groups is 4. The van der Waals surface area contributed by atoms with Gasteiger partial charge in [0, 0.05) is 22.6 Å². The number of hydrogen-bond acceptors (Lipinski definition) is 5. The lowest BCUT2D eigenvalue weighted by Gasteiger charge is -2.12. The molecule has 2 heterocycles. The lowest BCUT2D eigenvalue weighted by atomic mass is 10.1. The molecule has 4 rings (SSSR count). The van der Waals surface area contributed by atoms with Crippen LogP contribution in [0.15, 0.2) is 53.6 Å². The van der Waals surface area contributed by atoms with Crippen molar-refractivity contribution in [2.75, 3.05) is 0 Å². The van der Waals surface area contributed by atoms with Crippen molar-refractivity contribution in [3.05, 3.63) is 87.7 Å². The number of carbonyl (C=O) groups excluding carboxylic acids is 2. The minimum Gasteiger partial charge on any atom is -0.478 e. The lowest BCUT2D eigenvalue weighted by Crippen LogP contribution is -2.24. The minimum atomic E-state index is -1.25. The zero-order valence-corrected chi connectivity index (χ0v) is 17.1. The molecule has 9 heteroatoms. The molecule has 0 radical (unpaired) electrons. The van der Waals surface area contributed by atoms with Crippen molar-refractivity contribution >= 4 is 30.0 Å². The average molecular weight is 431 g/mol. The molecule has 0 fully saturated rings. The zero-order valence-electron chi connectivity index (χ0n) is 17.1. The van der Waals surface area contributed by atoms with Crippen LogP contribution in [0, 0.1) is 13.8 Å². The second-order valence-electron chi connectivity index (χ2n) is 7.25. The van der Waals surface area contributed by atoms with Gasteiger partial charge in [0.05, 0.1) is 28.5 Å². The van der Waals surface area contributed by atoms with Gasteiger partial charge in [0.2, 0.25) is 0 Å². The average Bonchev–Trinajstić information content (AvgIpc) is 3.18. The highest BCUT2D eigenvalue weighted by Gasteiger charge is 2.35. The topological polar surface area (TPSA) is 129 Å². The molecule has 0 saturated carbocycles. The summed E-state index contributed by atoms with van der Waals surface area (Å²) in [4.78, 5) is 47.9. The molecule has 0 saturated heterocycles. The third kappa shape index (κ3) is 3.35. The zero-order chi connectivity index (χ0) is 23.2. The molecule has 9 nitrogen and oxygen atoms in total. The van der Waals surface area contributed by atoms with Crippen LogP contribution in [-0.4, -0.2) is 49.8 Å². The molecule has 0 unspecified atom stereocenters. The van der Waals surface area contributed by atoms with Crippen molar-refractivity contribution in [3.63, 3.8) is 0 Å². The second kappa shape index (κ2) is 7.62. The minimum absolute atomic E-state index is 0.159. The maximum absolute atomic E-state index is 12.5. The number of rotatable bonds is 5. The van der Waals surface area contributed by atoms with Crippen LogP contribution in [0.2, 0.25) is 0 Å². The first-order valence-electron chi connectivity index (χ1n) is 9.52. The highest BCUT2D eigenvalue weighted by atomic mass is 16.4. The number of hydrogen-bond donors (Lipinski definition) is 2. The third-order valence-electron chi connectivity index (χ3n) is 5.23. The van der Waals surface area contributed by atoms with Gasteiger partial charge in [-0.05, 0) is 50.2 Å². The molecule has 1 aliphatic rings. The molecule has 160 valence electrons. The second-order valence-corrected chi connectivity index (χ2v) is 7.25. The standard InChI is InChI=1S/C23H17N3O6/c1-12-7-16(11-24-26-20(27)18-5-3-4-6-19(18)21(26)28)13(2)25(12)17-9-14(22(29)30)8-15(10-17)23(31)32/h3-11H,1-2H3,(H,29,30)(H,31,32)/b24-11-. The predicted octanol–water partition coefficient (Wildman–Crippen LogP) is 3.12. The Kier molecular flexibility index (Phi) is 4.94. The summed E-state index contributed by atoms with van der Waals surface area (Å²) in [6.07, 6.45) is 1.37. The summed E-state index contributed by atoms with van der Waals surface area (Å²) in [6.45, 7) is 3.50. The Bertz CT molecular complexity index is 1280. The van der Waals surface area contributed by atoms with E-state index >= 15 is 0 Å². The number of aromatic carboxylic acids is 2. The van der Waals surface area contributed by atoms with Crippen LogP contribution < -0.4 is 0 Å². The van der Waals surface area contributed by atoms with Gasteiger partial charge in [0.25, 0.3) is 11.8 Å². The molecular formula is C23H17N3O6. The summed E-state index contributed by atoms with van der Waals surface area (Å²) >= 11 is 0. The molecule has 1 aliphatic heterocycles. The summed E-state index contributed by atoms with van der Waals surface area (Å²) < 4.78 is 1.68. The van der Waals surface area contributed by atoms with E-state index in [4.69, 9.17) is 0 Å². The normalized spacial score (nSPS) is 13.1. The van der Waals surface area contributed by atoms with Crippen molar-refractivity contribution < 1.29 is 29.4 Å². The first-order valence-corrected chi connectivity index (χ1v) is 9.52. The molecule has 0 aliphatic carbocycles. The summed E-state index contributed by atoms with van der Waals surface area (Å²) in [7, 11) is 0. The van der Waals surface area contributed by atoms with Gasteiger partial charge in [-0.3, -0.25) is 9.59 Å². The van der Waals surface area contributed by atoms with Gasteiger partial charge in [-0.2, -0.15) is 10.1 Å². The van der Waals surface area contributed by atoms with Gasteiger partial charge >= 0.3 is 11.9 Å². The first-order chi connectivity index (χ1) is 15.2. The molecule has 3 aromatic rings. The number of hydrazone groups is 1. The molecule has 1 aromatic heterocycles. The number of carboxylic acids is 2. The van der Waals surface area contributed by atoms with Crippen molar-refractivity contribution in [2.24, 2.45) is 5.10 Å². The van der Waals surface area contributed by atoms with Gasteiger partial charge in [-0.15, -0.1) is 0 Å². The van der Waals surface area contributed by atoms with Crippen LogP contribution in [-0.2, 0) is 0 Å². The van der Waals surface area contributed by atoms with E-state index < -0.39 is 23.8 Å². The van der Waals surface area contributed by atoms with Gasteiger partial charge in [-0.25, -0.2) is 9.59 Å². The number of amides is 2. The number of nitrogens with zero attached hydrogens (tertiary/aromatic N) is 3.